The van der Waals surface area contributed by atoms with Crippen molar-refractivity contribution in [3.05, 3.63) is 35.5 Å². The Morgan fingerprint density at radius 2 is 2.33 bits per heavy atom. The number of aromatic amines is 1. The van der Waals surface area contributed by atoms with Gasteiger partial charge in [-0.2, -0.15) is 0 Å². The predicted molar refractivity (Wildman–Crippen MR) is 89.6 cm³/mol. The first-order valence-electron chi connectivity index (χ1n) is 7.44. The number of carbonyl (C=O) groups is 2. The van der Waals surface area contributed by atoms with Crippen LogP contribution in [0.2, 0.25) is 0 Å². The number of aliphatic hydroxyl groups is 2. The van der Waals surface area contributed by atoms with Crippen LogP contribution < -0.4 is 0 Å². The Labute approximate surface area is 142 Å². The number of hydrogen-bond acceptors (Lipinski definition) is 6. The summed E-state index contributed by atoms with van der Waals surface area (Å²) in [6.45, 7) is -0.308. The number of rotatable bonds is 5. The van der Waals surface area contributed by atoms with E-state index >= 15 is 0 Å². The number of H-pyrrole nitrogens is 1. The lowest BCUT2D eigenvalue weighted by atomic mass is 10.1. The first-order chi connectivity index (χ1) is 11.5. The Morgan fingerprint density at radius 1 is 1.54 bits per heavy atom. The molecule has 1 aromatic heterocycles. The molecule has 0 spiro atoms. The van der Waals surface area contributed by atoms with Crippen LogP contribution in [0.25, 0.3) is 10.9 Å². The molecule has 3 rings (SSSR count). The molecule has 2 aromatic rings. The fraction of sp³-hybridized carbons (Fsp3) is 0.375. The Bertz CT molecular complexity index is 775. The largest absolute Gasteiger partial charge is 0.465 e. The highest BCUT2D eigenvalue weighted by atomic mass is 32.2. The summed E-state index contributed by atoms with van der Waals surface area (Å²) in [6.07, 6.45) is 0.839. The minimum atomic E-state index is -0.966. The van der Waals surface area contributed by atoms with Crippen LogP contribution in [0, 0.1) is 0 Å². The van der Waals surface area contributed by atoms with Gasteiger partial charge in [0.25, 0.3) is 0 Å². The molecule has 128 valence electrons. The molecule has 8 heteroatoms. The lowest BCUT2D eigenvalue weighted by molar-refractivity contribution is -0.129. The normalized spacial score (nSPS) is 19.0. The summed E-state index contributed by atoms with van der Waals surface area (Å²) >= 11 is 1.47. The van der Waals surface area contributed by atoms with Crippen molar-refractivity contribution < 1.29 is 24.5 Å². The maximum Gasteiger partial charge on any atom is 0.337 e. The Morgan fingerprint density at radius 3 is 3.04 bits per heavy atom. The van der Waals surface area contributed by atoms with Gasteiger partial charge in [0.1, 0.15) is 5.37 Å². The molecule has 1 amide bonds. The third-order valence-corrected chi connectivity index (χ3v) is 5.22. The summed E-state index contributed by atoms with van der Waals surface area (Å²) < 4.78 is 4.72. The van der Waals surface area contributed by atoms with Gasteiger partial charge in [-0.3, -0.25) is 4.79 Å². The number of nitrogens with one attached hydrogen (secondary N) is 1. The van der Waals surface area contributed by atoms with Gasteiger partial charge in [0, 0.05) is 22.7 Å². The van der Waals surface area contributed by atoms with Crippen molar-refractivity contribution in [2.75, 3.05) is 26.0 Å². The number of thioether (sulfide) groups is 1. The molecular weight excluding hydrogens is 332 g/mol. The molecule has 1 aliphatic rings. The molecule has 1 fully saturated rings. The fourth-order valence-corrected chi connectivity index (χ4v) is 4.02. The number of aliphatic hydroxyl groups excluding tert-OH is 2. The van der Waals surface area contributed by atoms with Crippen LogP contribution in [-0.2, 0) is 9.53 Å². The number of amides is 1. The lowest BCUT2D eigenvalue weighted by Crippen LogP contribution is -2.37. The van der Waals surface area contributed by atoms with Gasteiger partial charge in [-0.05, 0) is 12.1 Å². The van der Waals surface area contributed by atoms with Gasteiger partial charge in [0.2, 0.25) is 5.91 Å². The maximum atomic E-state index is 12.1. The molecule has 1 saturated heterocycles. The van der Waals surface area contributed by atoms with E-state index in [0.29, 0.717) is 11.3 Å². The summed E-state index contributed by atoms with van der Waals surface area (Å²) in [5.74, 6) is -0.153. The molecule has 3 N–H and O–H groups in total. The Hall–Kier alpha value is -2.03. The quantitative estimate of drug-likeness (QED) is 0.692. The standard InChI is InChI=1S/C16H18N2O5S/c1-23-16(22)9-2-3-11-12(5-17-13(11)4-9)15-18(6-10(20)7-19)14(21)8-24-15/h2-5,10,15,17,19-20H,6-8H2,1H3. The Kier molecular flexibility index (Phi) is 4.79. The van der Waals surface area contributed by atoms with E-state index in [-0.39, 0.29) is 17.8 Å². The topological polar surface area (TPSA) is 103 Å². The van der Waals surface area contributed by atoms with Crippen molar-refractivity contribution in [3.8, 4) is 0 Å². The molecule has 0 radical (unpaired) electrons. The number of methoxy groups -OCH3 is 1. The van der Waals surface area contributed by atoms with Crippen LogP contribution in [-0.4, -0.2) is 64.1 Å². The van der Waals surface area contributed by atoms with E-state index in [1.165, 1.54) is 18.9 Å². The zero-order valence-electron chi connectivity index (χ0n) is 13.1. The summed E-state index contributed by atoms with van der Waals surface area (Å²) in [6, 6.07) is 5.20. The van der Waals surface area contributed by atoms with Crippen LogP contribution in [0.15, 0.2) is 24.4 Å². The molecule has 0 saturated carbocycles. The second kappa shape index (κ2) is 6.84. The molecule has 2 atom stereocenters. The SMILES string of the molecule is COC(=O)c1ccc2c(C3SCC(=O)N3CC(O)CO)c[nH]c2c1. The van der Waals surface area contributed by atoms with Gasteiger partial charge < -0.3 is 24.8 Å². The highest BCUT2D eigenvalue weighted by Gasteiger charge is 2.35. The molecule has 7 nitrogen and oxygen atoms in total. The average Bonchev–Trinajstić information content (AvgIpc) is 3.17. The number of carbonyl (C=O) groups excluding carboxylic acids is 2. The van der Waals surface area contributed by atoms with E-state index in [1.54, 1.807) is 23.2 Å². The van der Waals surface area contributed by atoms with Crippen molar-refractivity contribution >= 4 is 34.5 Å². The third-order valence-electron chi connectivity index (χ3n) is 3.99. The number of hydrogen-bond donors (Lipinski definition) is 3. The van der Waals surface area contributed by atoms with Gasteiger partial charge in [0.05, 0.1) is 37.7 Å². The number of aromatic nitrogens is 1. The molecule has 2 unspecified atom stereocenters. The second-order valence-corrected chi connectivity index (χ2v) is 6.61. The zero-order valence-corrected chi connectivity index (χ0v) is 13.9. The molecule has 0 aliphatic carbocycles. The van der Waals surface area contributed by atoms with Gasteiger partial charge in [-0.15, -0.1) is 11.8 Å². The monoisotopic (exact) mass is 350 g/mol. The van der Waals surface area contributed by atoms with Crippen molar-refractivity contribution in [1.29, 1.82) is 0 Å². The van der Waals surface area contributed by atoms with Crippen LogP contribution in [0.1, 0.15) is 21.3 Å². The molecular formula is C16H18N2O5S. The molecule has 1 aromatic carbocycles. The number of esters is 1. The van der Waals surface area contributed by atoms with E-state index in [2.05, 4.69) is 4.98 Å². The number of fused-ring (bicyclic) bond motifs is 1. The molecule has 1 aliphatic heterocycles. The highest BCUT2D eigenvalue weighted by Crippen LogP contribution is 2.41. The van der Waals surface area contributed by atoms with Gasteiger partial charge >= 0.3 is 5.97 Å². The average molecular weight is 350 g/mol. The maximum absolute atomic E-state index is 12.1. The zero-order chi connectivity index (χ0) is 17.3. The van der Waals surface area contributed by atoms with Crippen molar-refractivity contribution in [1.82, 2.24) is 9.88 Å². The minimum absolute atomic E-state index is 0.0713. The number of nitrogens with zero attached hydrogens (tertiary/aromatic N) is 1. The first-order valence-corrected chi connectivity index (χ1v) is 8.49. The van der Waals surface area contributed by atoms with E-state index in [0.717, 1.165) is 16.5 Å². The summed E-state index contributed by atoms with van der Waals surface area (Å²) in [4.78, 5) is 28.4. The molecule has 2 heterocycles. The summed E-state index contributed by atoms with van der Waals surface area (Å²) in [5, 5.41) is 19.4. The van der Waals surface area contributed by atoms with Gasteiger partial charge in [0.15, 0.2) is 0 Å². The van der Waals surface area contributed by atoms with Gasteiger partial charge in [-0.25, -0.2) is 4.79 Å². The van der Waals surface area contributed by atoms with Crippen LogP contribution in [0.5, 0.6) is 0 Å². The molecule has 24 heavy (non-hydrogen) atoms. The van der Waals surface area contributed by atoms with E-state index in [9.17, 15) is 14.7 Å². The second-order valence-electron chi connectivity index (χ2n) is 5.54. The van der Waals surface area contributed by atoms with Gasteiger partial charge in [-0.1, -0.05) is 6.07 Å². The third kappa shape index (κ3) is 3.00. The minimum Gasteiger partial charge on any atom is -0.465 e. The Balaban J connectivity index is 1.93. The lowest BCUT2D eigenvalue weighted by Gasteiger charge is -2.25. The fourth-order valence-electron chi connectivity index (χ4n) is 2.79. The van der Waals surface area contributed by atoms with Crippen molar-refractivity contribution in [2.24, 2.45) is 0 Å². The molecule has 0 bridgehead atoms. The van der Waals surface area contributed by atoms with Crippen LogP contribution in [0.3, 0.4) is 0 Å². The number of ether oxygens (including phenoxy) is 1. The number of β-amino-alcohol motifs (C(OH)–C–C–N with tert-alkyl or cyclic N) is 1. The van der Waals surface area contributed by atoms with E-state index in [4.69, 9.17) is 9.84 Å². The predicted octanol–water partition coefficient (Wildman–Crippen LogP) is 0.882. The highest BCUT2D eigenvalue weighted by molar-refractivity contribution is 8.00. The first kappa shape index (κ1) is 16.8. The van der Waals surface area contributed by atoms with Crippen LogP contribution >= 0.6 is 11.8 Å². The summed E-state index contributed by atoms with van der Waals surface area (Å²) in [5.41, 5.74) is 2.12. The number of benzene rings is 1. The van der Waals surface area contributed by atoms with Crippen LogP contribution in [0.4, 0.5) is 0 Å². The van der Waals surface area contributed by atoms with Crippen molar-refractivity contribution in [3.63, 3.8) is 0 Å². The summed E-state index contributed by atoms with van der Waals surface area (Å²) in [7, 11) is 1.33. The smallest absolute Gasteiger partial charge is 0.337 e. The van der Waals surface area contributed by atoms with E-state index in [1.807, 2.05) is 6.07 Å². The van der Waals surface area contributed by atoms with E-state index < -0.39 is 18.7 Å². The van der Waals surface area contributed by atoms with Crippen molar-refractivity contribution in [2.45, 2.75) is 11.5 Å².